The van der Waals surface area contributed by atoms with E-state index in [1.807, 2.05) is 0 Å². The molecule has 174 valence electrons. The molecule has 2 aromatic heterocycles. The Morgan fingerprint density at radius 2 is 1.87 bits per heavy atom. The molecule has 0 aliphatic carbocycles. The maximum absolute atomic E-state index is 10.3. The second-order valence-electron chi connectivity index (χ2n) is 6.72. The molecule has 0 aromatic carbocycles. The van der Waals surface area contributed by atoms with E-state index < -0.39 is 55.3 Å². The van der Waals surface area contributed by atoms with Gasteiger partial charge in [-0.15, -0.1) is 0 Å². The van der Waals surface area contributed by atoms with Crippen LogP contribution in [-0.4, -0.2) is 111 Å². The summed E-state index contributed by atoms with van der Waals surface area (Å²) in [6.45, 7) is -1.27. The number of hydrogen-bond donors (Lipinski definition) is 10. The average Bonchev–Trinajstić information content (AvgIpc) is 3.27. The molecular formula is C15H25N7O9. The maximum atomic E-state index is 10.3. The van der Waals surface area contributed by atoms with E-state index in [0.29, 0.717) is 0 Å². The number of rotatable bonds is 6. The van der Waals surface area contributed by atoms with E-state index in [4.69, 9.17) is 42.4 Å². The Balaban J connectivity index is 0.000000291. The van der Waals surface area contributed by atoms with Crippen molar-refractivity contribution in [3.63, 3.8) is 0 Å². The summed E-state index contributed by atoms with van der Waals surface area (Å²) in [5, 5.41) is 63.5. The van der Waals surface area contributed by atoms with Crippen LogP contribution in [0.1, 0.15) is 0 Å². The van der Waals surface area contributed by atoms with E-state index in [2.05, 4.69) is 15.0 Å². The van der Waals surface area contributed by atoms with Gasteiger partial charge in [0.05, 0.1) is 13.2 Å². The summed E-state index contributed by atoms with van der Waals surface area (Å²) in [5.41, 5.74) is 15.4. The lowest BCUT2D eigenvalue weighted by Gasteiger charge is -2.36. The van der Waals surface area contributed by atoms with Crippen LogP contribution in [0.15, 0.2) is 12.7 Å². The highest BCUT2D eigenvalue weighted by Gasteiger charge is 2.63. The zero-order valence-electron chi connectivity index (χ0n) is 16.0. The first kappa shape index (κ1) is 24.9. The molecule has 31 heavy (non-hydrogen) atoms. The molecular weight excluding hydrogens is 422 g/mol. The van der Waals surface area contributed by atoms with Crippen molar-refractivity contribution in [3.8, 4) is 0 Å². The van der Waals surface area contributed by atoms with Crippen molar-refractivity contribution in [2.75, 3.05) is 18.9 Å². The number of carbonyl (C=O) groups excluding carboxylic acids is 1. The van der Waals surface area contributed by atoms with Gasteiger partial charge in [0.25, 0.3) is 0 Å². The molecule has 3 rings (SSSR count). The SMILES string of the molecule is Nc1ncnc2c1ncn2[C@]1(N)O[C@H](CO)[C@@H](O)[C@@]1(N)O.O=CC(O)C(O)C(O)CO. The van der Waals surface area contributed by atoms with Gasteiger partial charge in [-0.2, -0.15) is 0 Å². The highest BCUT2D eigenvalue weighted by molar-refractivity contribution is 5.81. The summed E-state index contributed by atoms with van der Waals surface area (Å²) in [6.07, 6.45) is -5.01. The highest BCUT2D eigenvalue weighted by atomic mass is 16.6. The van der Waals surface area contributed by atoms with Crippen molar-refractivity contribution in [1.29, 1.82) is 0 Å². The van der Waals surface area contributed by atoms with Crippen LogP contribution >= 0.6 is 0 Å². The summed E-state index contributed by atoms with van der Waals surface area (Å²) in [6, 6.07) is 0. The number of ether oxygens (including phenoxy) is 1. The predicted octanol–water partition coefficient (Wildman–Crippen LogP) is -6.36. The molecule has 3 unspecified atom stereocenters. The average molecular weight is 447 g/mol. The molecule has 0 amide bonds. The third-order valence-corrected chi connectivity index (χ3v) is 4.68. The van der Waals surface area contributed by atoms with Crippen LogP contribution in [0, 0.1) is 0 Å². The number of aldehydes is 1. The second-order valence-corrected chi connectivity index (χ2v) is 6.72. The van der Waals surface area contributed by atoms with Crippen molar-refractivity contribution in [2.24, 2.45) is 11.5 Å². The van der Waals surface area contributed by atoms with Gasteiger partial charge in [-0.1, -0.05) is 0 Å². The van der Waals surface area contributed by atoms with Crippen molar-refractivity contribution < 1.29 is 45.3 Å². The second kappa shape index (κ2) is 9.40. The molecule has 0 radical (unpaired) electrons. The molecule has 1 fully saturated rings. The Hall–Kier alpha value is -2.38. The molecule has 13 N–H and O–H groups in total. The minimum Gasteiger partial charge on any atom is -0.394 e. The molecule has 1 saturated heterocycles. The molecule has 1 aliphatic heterocycles. The van der Waals surface area contributed by atoms with Gasteiger partial charge < -0.3 is 51.0 Å². The van der Waals surface area contributed by atoms with Gasteiger partial charge in [0.2, 0.25) is 11.6 Å². The first-order chi connectivity index (χ1) is 14.5. The van der Waals surface area contributed by atoms with Crippen LogP contribution in [0.4, 0.5) is 5.82 Å². The molecule has 16 nitrogen and oxygen atoms in total. The molecule has 0 spiro atoms. The van der Waals surface area contributed by atoms with Crippen molar-refractivity contribution in [1.82, 2.24) is 19.5 Å². The van der Waals surface area contributed by atoms with E-state index in [9.17, 15) is 20.1 Å². The van der Waals surface area contributed by atoms with E-state index in [0.717, 1.165) is 4.57 Å². The minimum absolute atomic E-state index is 0.0869. The van der Waals surface area contributed by atoms with Gasteiger partial charge >= 0.3 is 0 Å². The summed E-state index contributed by atoms with van der Waals surface area (Å²) < 4.78 is 6.48. The number of anilines is 1. The van der Waals surface area contributed by atoms with Crippen LogP contribution in [0.5, 0.6) is 0 Å². The van der Waals surface area contributed by atoms with Gasteiger partial charge in [0.15, 0.2) is 17.8 Å². The molecule has 2 aromatic rings. The van der Waals surface area contributed by atoms with E-state index >= 15 is 0 Å². The van der Waals surface area contributed by atoms with E-state index in [1.54, 1.807) is 0 Å². The fourth-order valence-electron chi connectivity index (χ4n) is 2.78. The normalized spacial score (nSPS) is 31.0. The first-order valence-electron chi connectivity index (χ1n) is 8.77. The summed E-state index contributed by atoms with van der Waals surface area (Å²) in [4.78, 5) is 21.5. The summed E-state index contributed by atoms with van der Waals surface area (Å²) >= 11 is 0. The Kier molecular flexibility index (Phi) is 7.55. The van der Waals surface area contributed by atoms with Crippen LogP contribution < -0.4 is 17.2 Å². The van der Waals surface area contributed by atoms with E-state index in [1.165, 1.54) is 12.7 Å². The van der Waals surface area contributed by atoms with Crippen molar-refractivity contribution in [3.05, 3.63) is 12.7 Å². The smallest absolute Gasteiger partial charge is 0.249 e. The predicted molar refractivity (Wildman–Crippen MR) is 100 cm³/mol. The standard InChI is InChI=1S/C10H15N7O4.C5H10O5/c11-7-5-8(15-2-14-7)17(3-16-5)10(13)9(12,20)6(19)4(1-18)21-10;6-1-3(8)5(10)4(9)2-7/h2-4,6,18-20H,1,12-13H2,(H2,11,14,15);1,3-5,7-10H,2H2/t4-,6-,9-,10+;/m1./s1. The van der Waals surface area contributed by atoms with Gasteiger partial charge in [-0.05, 0) is 0 Å². The summed E-state index contributed by atoms with van der Waals surface area (Å²) in [5.74, 6) is -1.98. The Labute approximate surface area is 174 Å². The maximum Gasteiger partial charge on any atom is 0.249 e. The van der Waals surface area contributed by atoms with E-state index in [-0.39, 0.29) is 23.3 Å². The molecule has 1 aliphatic rings. The number of fused-ring (bicyclic) bond motifs is 1. The lowest BCUT2D eigenvalue weighted by Crippen LogP contribution is -2.68. The number of imidazole rings is 1. The monoisotopic (exact) mass is 447 g/mol. The quantitative estimate of drug-likeness (QED) is 0.145. The van der Waals surface area contributed by atoms with Crippen LogP contribution in [0.25, 0.3) is 11.2 Å². The molecule has 3 heterocycles. The number of hydrogen-bond acceptors (Lipinski definition) is 15. The molecule has 0 bridgehead atoms. The number of aromatic nitrogens is 4. The fraction of sp³-hybridized carbons (Fsp3) is 0.600. The third-order valence-electron chi connectivity index (χ3n) is 4.68. The Morgan fingerprint density at radius 1 is 1.23 bits per heavy atom. The molecule has 0 saturated carbocycles. The van der Waals surface area contributed by atoms with Crippen molar-refractivity contribution >= 4 is 23.3 Å². The Bertz CT molecular complexity index is 897. The largest absolute Gasteiger partial charge is 0.394 e. The first-order valence-corrected chi connectivity index (χ1v) is 8.77. The van der Waals surface area contributed by atoms with Crippen LogP contribution in [-0.2, 0) is 15.4 Å². The number of aliphatic hydroxyl groups is 7. The lowest BCUT2D eigenvalue weighted by atomic mass is 10.0. The van der Waals surface area contributed by atoms with Crippen LogP contribution in [0.2, 0.25) is 0 Å². The number of nitrogen functional groups attached to an aromatic ring is 1. The van der Waals surface area contributed by atoms with Crippen molar-refractivity contribution in [2.45, 2.75) is 42.1 Å². The lowest BCUT2D eigenvalue weighted by molar-refractivity contribution is -0.188. The van der Waals surface area contributed by atoms with Crippen LogP contribution in [0.3, 0.4) is 0 Å². The Morgan fingerprint density at radius 3 is 2.39 bits per heavy atom. The topological polar surface area (TPSA) is 290 Å². The summed E-state index contributed by atoms with van der Waals surface area (Å²) in [7, 11) is 0. The number of nitrogens with zero attached hydrogens (tertiary/aromatic N) is 4. The molecule has 16 heteroatoms. The zero-order valence-corrected chi connectivity index (χ0v) is 16.0. The number of nitrogens with two attached hydrogens (primary N) is 3. The third kappa shape index (κ3) is 4.34. The van der Waals surface area contributed by atoms with Gasteiger partial charge in [-0.25, -0.2) is 15.0 Å². The fourth-order valence-corrected chi connectivity index (χ4v) is 2.78. The highest BCUT2D eigenvalue weighted by Crippen LogP contribution is 2.38. The minimum atomic E-state index is -2.38. The van der Waals surface area contributed by atoms with Gasteiger partial charge in [-0.3, -0.25) is 16.0 Å². The zero-order chi connectivity index (χ0) is 23.6. The number of aliphatic hydroxyl groups excluding tert-OH is 6. The molecule has 7 atom stereocenters. The van der Waals surface area contributed by atoms with Gasteiger partial charge in [0, 0.05) is 0 Å². The van der Waals surface area contributed by atoms with Gasteiger partial charge in [0.1, 0.15) is 48.7 Å². The number of carbonyl (C=O) groups is 1.